The summed E-state index contributed by atoms with van der Waals surface area (Å²) in [4.78, 5) is 3.96. The summed E-state index contributed by atoms with van der Waals surface area (Å²) in [6.07, 6.45) is -2.69. The Bertz CT molecular complexity index is 618. The number of rotatable bonds is 5. The van der Waals surface area contributed by atoms with E-state index in [4.69, 9.17) is 15.2 Å². The molecule has 108 valence electrons. The SMILES string of the molecule is CCOc1ccc(OCC)c2c(N)cc(C(F)F)nc12. The summed E-state index contributed by atoms with van der Waals surface area (Å²) < 4.78 is 36.6. The zero-order valence-electron chi connectivity index (χ0n) is 11.3. The average Bonchev–Trinajstić information content (AvgIpc) is 2.41. The molecule has 0 bridgehead atoms. The van der Waals surface area contributed by atoms with Crippen LogP contribution in [0, 0.1) is 0 Å². The van der Waals surface area contributed by atoms with E-state index in [0.29, 0.717) is 35.6 Å². The van der Waals surface area contributed by atoms with Crippen molar-refractivity contribution in [2.45, 2.75) is 20.3 Å². The van der Waals surface area contributed by atoms with Gasteiger partial charge in [0.1, 0.15) is 22.7 Å². The molecule has 2 rings (SSSR count). The van der Waals surface area contributed by atoms with Gasteiger partial charge in [-0.1, -0.05) is 0 Å². The number of anilines is 1. The number of aromatic nitrogens is 1. The van der Waals surface area contributed by atoms with E-state index in [1.54, 1.807) is 12.1 Å². The minimum atomic E-state index is -2.69. The van der Waals surface area contributed by atoms with Gasteiger partial charge < -0.3 is 15.2 Å². The standard InChI is InChI=1S/C14H16F2N2O2/c1-3-19-10-5-6-11(20-4-2)13-12(10)8(17)7-9(18-13)14(15)16/h5-7,14H,3-4H2,1-2H3,(H2,17,18). The van der Waals surface area contributed by atoms with Crippen molar-refractivity contribution in [3.63, 3.8) is 0 Å². The molecule has 0 saturated carbocycles. The van der Waals surface area contributed by atoms with E-state index in [2.05, 4.69) is 4.98 Å². The fourth-order valence-corrected chi connectivity index (χ4v) is 2.00. The van der Waals surface area contributed by atoms with Crippen LogP contribution in [0.25, 0.3) is 10.9 Å². The van der Waals surface area contributed by atoms with Crippen LogP contribution in [-0.2, 0) is 0 Å². The highest BCUT2D eigenvalue weighted by Crippen LogP contribution is 2.37. The maximum atomic E-state index is 12.9. The molecule has 0 radical (unpaired) electrons. The van der Waals surface area contributed by atoms with E-state index < -0.39 is 6.43 Å². The molecule has 0 unspecified atom stereocenters. The molecule has 0 fully saturated rings. The lowest BCUT2D eigenvalue weighted by Gasteiger charge is -2.14. The molecular formula is C14H16F2N2O2. The Kier molecular flexibility index (Phi) is 4.22. The molecule has 1 aromatic carbocycles. The summed E-state index contributed by atoms with van der Waals surface area (Å²) in [5, 5.41) is 0.502. The number of benzene rings is 1. The van der Waals surface area contributed by atoms with Crippen molar-refractivity contribution in [1.29, 1.82) is 0 Å². The number of hydrogen-bond acceptors (Lipinski definition) is 4. The van der Waals surface area contributed by atoms with Gasteiger partial charge in [0.05, 0.1) is 18.6 Å². The molecule has 0 spiro atoms. The third-order valence-corrected chi connectivity index (χ3v) is 2.76. The van der Waals surface area contributed by atoms with E-state index in [-0.39, 0.29) is 11.4 Å². The van der Waals surface area contributed by atoms with Gasteiger partial charge in [0.2, 0.25) is 0 Å². The first-order valence-corrected chi connectivity index (χ1v) is 6.35. The number of fused-ring (bicyclic) bond motifs is 1. The fourth-order valence-electron chi connectivity index (χ4n) is 2.00. The Morgan fingerprint density at radius 2 is 1.75 bits per heavy atom. The van der Waals surface area contributed by atoms with Gasteiger partial charge in [-0.15, -0.1) is 0 Å². The molecule has 0 atom stereocenters. The van der Waals surface area contributed by atoms with Crippen molar-refractivity contribution in [1.82, 2.24) is 4.98 Å². The average molecular weight is 282 g/mol. The van der Waals surface area contributed by atoms with Crippen molar-refractivity contribution < 1.29 is 18.3 Å². The van der Waals surface area contributed by atoms with E-state index in [9.17, 15) is 8.78 Å². The summed E-state index contributed by atoms with van der Waals surface area (Å²) >= 11 is 0. The highest BCUT2D eigenvalue weighted by molar-refractivity contribution is 5.99. The normalized spacial score (nSPS) is 11.1. The first-order valence-electron chi connectivity index (χ1n) is 6.35. The lowest BCUT2D eigenvalue weighted by atomic mass is 10.1. The van der Waals surface area contributed by atoms with Gasteiger partial charge in [-0.2, -0.15) is 0 Å². The minimum absolute atomic E-state index is 0.204. The van der Waals surface area contributed by atoms with Gasteiger partial charge in [-0.3, -0.25) is 0 Å². The lowest BCUT2D eigenvalue weighted by molar-refractivity contribution is 0.146. The molecule has 2 aromatic rings. The number of pyridine rings is 1. The summed E-state index contributed by atoms with van der Waals surface area (Å²) in [6.45, 7) is 4.49. The third-order valence-electron chi connectivity index (χ3n) is 2.76. The van der Waals surface area contributed by atoms with Crippen molar-refractivity contribution in [3.8, 4) is 11.5 Å². The maximum Gasteiger partial charge on any atom is 0.280 e. The Morgan fingerprint density at radius 1 is 1.15 bits per heavy atom. The smallest absolute Gasteiger partial charge is 0.280 e. The van der Waals surface area contributed by atoms with Crippen LogP contribution in [0.1, 0.15) is 26.0 Å². The first-order chi connectivity index (χ1) is 9.58. The van der Waals surface area contributed by atoms with Crippen LogP contribution < -0.4 is 15.2 Å². The molecule has 0 aliphatic heterocycles. The molecule has 1 aromatic heterocycles. The topological polar surface area (TPSA) is 57.4 Å². The predicted molar refractivity (Wildman–Crippen MR) is 73.5 cm³/mol. The first kappa shape index (κ1) is 14.3. The molecule has 0 saturated heterocycles. The number of nitrogen functional groups attached to an aromatic ring is 1. The minimum Gasteiger partial charge on any atom is -0.493 e. The van der Waals surface area contributed by atoms with Gasteiger partial charge in [0.25, 0.3) is 6.43 Å². The Hall–Kier alpha value is -2.11. The summed E-state index contributed by atoms with van der Waals surface area (Å²) in [7, 11) is 0. The summed E-state index contributed by atoms with van der Waals surface area (Å²) in [5.41, 5.74) is 6.01. The lowest BCUT2D eigenvalue weighted by Crippen LogP contribution is -2.02. The molecule has 6 heteroatoms. The molecular weight excluding hydrogens is 266 g/mol. The number of alkyl halides is 2. The van der Waals surface area contributed by atoms with Crippen molar-refractivity contribution in [2.75, 3.05) is 18.9 Å². The Labute approximate surface area is 115 Å². The highest BCUT2D eigenvalue weighted by Gasteiger charge is 2.17. The Balaban J connectivity index is 2.74. The van der Waals surface area contributed by atoms with Gasteiger partial charge in [0, 0.05) is 5.69 Å². The van der Waals surface area contributed by atoms with Gasteiger partial charge in [-0.25, -0.2) is 13.8 Å². The molecule has 0 amide bonds. The number of halogens is 2. The second-order valence-electron chi connectivity index (χ2n) is 4.09. The molecule has 4 nitrogen and oxygen atoms in total. The predicted octanol–water partition coefficient (Wildman–Crippen LogP) is 3.55. The van der Waals surface area contributed by atoms with E-state index in [1.165, 1.54) is 6.07 Å². The number of ether oxygens (including phenoxy) is 2. The van der Waals surface area contributed by atoms with E-state index in [0.717, 1.165) is 0 Å². The largest absolute Gasteiger partial charge is 0.493 e. The van der Waals surface area contributed by atoms with Crippen molar-refractivity contribution >= 4 is 16.6 Å². The van der Waals surface area contributed by atoms with Crippen LogP contribution in [0.4, 0.5) is 14.5 Å². The van der Waals surface area contributed by atoms with Crippen molar-refractivity contribution in [2.24, 2.45) is 0 Å². The van der Waals surface area contributed by atoms with Gasteiger partial charge in [0.15, 0.2) is 0 Å². The van der Waals surface area contributed by atoms with Crippen LogP contribution in [0.2, 0.25) is 0 Å². The molecule has 20 heavy (non-hydrogen) atoms. The van der Waals surface area contributed by atoms with Crippen LogP contribution in [0.15, 0.2) is 18.2 Å². The van der Waals surface area contributed by atoms with Crippen LogP contribution in [0.5, 0.6) is 11.5 Å². The van der Waals surface area contributed by atoms with Gasteiger partial charge >= 0.3 is 0 Å². The van der Waals surface area contributed by atoms with Crippen LogP contribution in [0.3, 0.4) is 0 Å². The molecule has 0 aliphatic carbocycles. The third kappa shape index (κ3) is 2.59. The number of hydrogen-bond donors (Lipinski definition) is 1. The monoisotopic (exact) mass is 282 g/mol. The summed E-state index contributed by atoms with van der Waals surface area (Å²) in [6, 6.07) is 4.53. The molecule has 1 heterocycles. The zero-order valence-corrected chi connectivity index (χ0v) is 11.3. The van der Waals surface area contributed by atoms with Crippen LogP contribution in [-0.4, -0.2) is 18.2 Å². The second-order valence-corrected chi connectivity index (χ2v) is 4.09. The maximum absolute atomic E-state index is 12.9. The van der Waals surface area contributed by atoms with E-state index in [1.807, 2.05) is 13.8 Å². The molecule has 2 N–H and O–H groups in total. The summed E-state index contributed by atoms with van der Waals surface area (Å²) in [5.74, 6) is 0.928. The van der Waals surface area contributed by atoms with E-state index >= 15 is 0 Å². The van der Waals surface area contributed by atoms with Gasteiger partial charge in [-0.05, 0) is 32.0 Å². The quantitative estimate of drug-likeness (QED) is 0.911. The highest BCUT2D eigenvalue weighted by atomic mass is 19.3. The Morgan fingerprint density at radius 3 is 2.35 bits per heavy atom. The fraction of sp³-hybridized carbons (Fsp3) is 0.357. The van der Waals surface area contributed by atoms with Crippen molar-refractivity contribution in [3.05, 3.63) is 23.9 Å². The zero-order chi connectivity index (χ0) is 14.7. The number of nitrogens with two attached hydrogens (primary N) is 1. The van der Waals surface area contributed by atoms with Crippen LogP contribution >= 0.6 is 0 Å². The number of nitrogens with zero attached hydrogens (tertiary/aromatic N) is 1. The second kappa shape index (κ2) is 5.90. The molecule has 0 aliphatic rings.